The standard InChI is InChI=1S/C30H33FN2O7P2S/c1-5-37-41(35,38-6-2)30(42(36,39-7-3)40-8-4)27(32)25-24-22(19-14-16-21(31)17-15-19)18-23(20-12-10-9-11-13-20)33-29(24)43-26(25)28(30)34/h9-18,27H,5-8,32H2,1-4H3. The van der Waals surface area contributed by atoms with Crippen LogP contribution < -0.4 is 5.73 Å². The molecule has 2 N–H and O–H groups in total. The summed E-state index contributed by atoms with van der Waals surface area (Å²) in [4.78, 5) is 17.7. The predicted octanol–water partition coefficient (Wildman–Crippen LogP) is 8.19. The van der Waals surface area contributed by atoms with E-state index in [2.05, 4.69) is 0 Å². The molecule has 0 amide bonds. The minimum absolute atomic E-state index is 0.114. The number of hydrogen-bond donors (Lipinski definition) is 1. The maximum absolute atomic E-state index is 14.8. The molecule has 2 heterocycles. The number of rotatable bonds is 12. The molecule has 0 bridgehead atoms. The number of pyridine rings is 1. The zero-order chi connectivity index (χ0) is 31.0. The third-order valence-electron chi connectivity index (χ3n) is 7.24. The van der Waals surface area contributed by atoms with Crippen molar-refractivity contribution in [3.8, 4) is 22.4 Å². The number of thiophene rings is 1. The van der Waals surface area contributed by atoms with Crippen molar-refractivity contribution in [1.29, 1.82) is 0 Å². The van der Waals surface area contributed by atoms with Crippen LogP contribution in [0.3, 0.4) is 0 Å². The third-order valence-corrected chi connectivity index (χ3v) is 14.8. The van der Waals surface area contributed by atoms with Gasteiger partial charge in [0.25, 0.3) is 4.90 Å². The number of ketones is 1. The lowest BCUT2D eigenvalue weighted by Crippen LogP contribution is -2.45. The number of hydrogen-bond acceptors (Lipinski definition) is 10. The topological polar surface area (TPSA) is 127 Å². The normalized spacial score (nSPS) is 16.6. The van der Waals surface area contributed by atoms with Gasteiger partial charge in [0.05, 0.1) is 43.0 Å². The van der Waals surface area contributed by atoms with Gasteiger partial charge in [-0.05, 0) is 57.0 Å². The zero-order valence-corrected chi connectivity index (χ0v) is 26.8. The van der Waals surface area contributed by atoms with E-state index in [0.29, 0.717) is 27.0 Å². The first-order chi connectivity index (χ1) is 20.6. The van der Waals surface area contributed by atoms with Crippen LogP contribution in [0, 0.1) is 5.82 Å². The average molecular weight is 647 g/mol. The maximum Gasteiger partial charge on any atom is 0.358 e. The van der Waals surface area contributed by atoms with E-state index in [4.69, 9.17) is 28.8 Å². The van der Waals surface area contributed by atoms with Gasteiger partial charge < -0.3 is 23.8 Å². The number of halogens is 1. The molecule has 1 aliphatic rings. The van der Waals surface area contributed by atoms with Crippen molar-refractivity contribution in [3.63, 3.8) is 0 Å². The summed E-state index contributed by atoms with van der Waals surface area (Å²) in [6, 6.07) is 15.8. The molecule has 13 heteroatoms. The largest absolute Gasteiger partial charge is 0.358 e. The first kappa shape index (κ1) is 31.8. The summed E-state index contributed by atoms with van der Waals surface area (Å²) in [7, 11) is -9.24. The SMILES string of the molecule is CCOP(=O)(OCC)C1(P(=O)(OCC)OCC)C(=O)c2sc3nc(-c4ccccc4)cc(-c4ccc(F)cc4)c3c2C1N. The van der Waals surface area contributed by atoms with E-state index in [0.717, 1.165) is 16.9 Å². The molecule has 43 heavy (non-hydrogen) atoms. The molecular weight excluding hydrogens is 613 g/mol. The summed E-state index contributed by atoms with van der Waals surface area (Å²) in [5, 5.41) is 0.494. The lowest BCUT2D eigenvalue weighted by atomic mass is 9.96. The lowest BCUT2D eigenvalue weighted by molar-refractivity contribution is 0.0922. The van der Waals surface area contributed by atoms with Gasteiger partial charge in [0.1, 0.15) is 10.6 Å². The van der Waals surface area contributed by atoms with Crippen LogP contribution in [0.25, 0.3) is 32.6 Å². The fraction of sp³-hybridized carbons (Fsp3) is 0.333. The number of carbonyl (C=O) groups excluding carboxylic acids is 1. The number of nitrogens with zero attached hydrogens (tertiary/aromatic N) is 1. The van der Waals surface area contributed by atoms with Crippen LogP contribution in [0.2, 0.25) is 0 Å². The fourth-order valence-electron chi connectivity index (χ4n) is 5.60. The van der Waals surface area contributed by atoms with Crippen molar-refractivity contribution in [1.82, 2.24) is 4.98 Å². The molecular formula is C30H33FN2O7P2S. The second-order valence-corrected chi connectivity index (χ2v) is 15.4. The van der Waals surface area contributed by atoms with Crippen LogP contribution in [0.1, 0.15) is 49.0 Å². The summed E-state index contributed by atoms with van der Waals surface area (Å²) in [5.41, 5.74) is 9.98. The monoisotopic (exact) mass is 646 g/mol. The van der Waals surface area contributed by atoms with Crippen molar-refractivity contribution < 1.29 is 36.4 Å². The molecule has 0 saturated heterocycles. The molecule has 0 spiro atoms. The van der Waals surface area contributed by atoms with Crippen LogP contribution in [0.15, 0.2) is 60.7 Å². The predicted molar refractivity (Wildman–Crippen MR) is 166 cm³/mol. The Kier molecular flexibility index (Phi) is 9.19. The molecule has 228 valence electrons. The summed E-state index contributed by atoms with van der Waals surface area (Å²) in [6.45, 7) is 5.88. The Morgan fingerprint density at radius 2 is 1.40 bits per heavy atom. The number of Topliss-reactive ketones (excluding diaryl/α,β-unsaturated/α-hetero) is 1. The minimum atomic E-state index is -4.62. The van der Waals surface area contributed by atoms with Crippen LogP contribution >= 0.6 is 26.5 Å². The summed E-state index contributed by atoms with van der Waals surface area (Å²) < 4.78 is 66.3. The van der Waals surface area contributed by atoms with Gasteiger partial charge in [-0.2, -0.15) is 0 Å². The highest BCUT2D eigenvalue weighted by atomic mass is 32.1. The second kappa shape index (κ2) is 12.4. The van der Waals surface area contributed by atoms with Gasteiger partial charge in [-0.15, -0.1) is 11.3 Å². The molecule has 4 aromatic rings. The van der Waals surface area contributed by atoms with Gasteiger partial charge in [0, 0.05) is 16.5 Å². The molecule has 1 unspecified atom stereocenters. The van der Waals surface area contributed by atoms with Crippen molar-refractivity contribution >= 4 is 42.5 Å². The Morgan fingerprint density at radius 1 is 0.860 bits per heavy atom. The highest BCUT2D eigenvalue weighted by Crippen LogP contribution is 2.84. The van der Waals surface area contributed by atoms with Crippen LogP contribution in [-0.4, -0.2) is 42.1 Å². The molecule has 0 saturated carbocycles. The second-order valence-electron chi connectivity index (χ2n) is 9.65. The quantitative estimate of drug-likeness (QED) is 0.152. The van der Waals surface area contributed by atoms with E-state index < -0.39 is 37.7 Å². The maximum atomic E-state index is 14.8. The lowest BCUT2D eigenvalue weighted by Gasteiger charge is -2.41. The molecule has 5 rings (SSSR count). The Balaban J connectivity index is 1.87. The Bertz CT molecular complexity index is 1700. The van der Waals surface area contributed by atoms with Gasteiger partial charge in [0.2, 0.25) is 5.78 Å². The van der Waals surface area contributed by atoms with Gasteiger partial charge in [-0.3, -0.25) is 13.9 Å². The highest BCUT2D eigenvalue weighted by Gasteiger charge is 2.77. The molecule has 1 aliphatic carbocycles. The number of aromatic nitrogens is 1. The number of carbonyl (C=O) groups is 1. The number of benzene rings is 2. The smallest absolute Gasteiger partial charge is 0.322 e. The van der Waals surface area contributed by atoms with Crippen molar-refractivity contribution in [2.24, 2.45) is 5.73 Å². The number of fused-ring (bicyclic) bond motifs is 3. The Labute approximate surface area is 253 Å². The molecule has 0 fully saturated rings. The summed E-state index contributed by atoms with van der Waals surface area (Å²) >= 11 is 1.05. The zero-order valence-electron chi connectivity index (χ0n) is 24.2. The molecule has 1 atom stereocenters. The third kappa shape index (κ3) is 4.96. The Hall–Kier alpha value is -2.59. The summed E-state index contributed by atoms with van der Waals surface area (Å²) in [6.07, 6.45) is 0. The van der Waals surface area contributed by atoms with Gasteiger partial charge in [-0.25, -0.2) is 9.37 Å². The van der Waals surface area contributed by atoms with Crippen molar-refractivity contribution in [3.05, 3.63) is 76.9 Å². The molecule has 2 aromatic carbocycles. The van der Waals surface area contributed by atoms with E-state index in [9.17, 15) is 18.3 Å². The van der Waals surface area contributed by atoms with E-state index in [1.807, 2.05) is 36.4 Å². The first-order valence-corrected chi connectivity index (χ1v) is 17.9. The highest BCUT2D eigenvalue weighted by molar-refractivity contribution is 7.76. The first-order valence-electron chi connectivity index (χ1n) is 14.0. The molecule has 9 nitrogen and oxygen atoms in total. The Morgan fingerprint density at radius 3 is 1.91 bits per heavy atom. The van der Waals surface area contributed by atoms with E-state index in [1.165, 1.54) is 12.1 Å². The van der Waals surface area contributed by atoms with Gasteiger partial charge in [-0.1, -0.05) is 42.5 Å². The average Bonchev–Trinajstić information content (AvgIpc) is 3.47. The number of nitrogens with two attached hydrogens (primary N) is 1. The van der Waals surface area contributed by atoms with E-state index in [1.54, 1.807) is 39.8 Å². The van der Waals surface area contributed by atoms with Crippen LogP contribution in [-0.2, 0) is 27.2 Å². The van der Waals surface area contributed by atoms with E-state index in [-0.39, 0.29) is 36.9 Å². The van der Waals surface area contributed by atoms with E-state index >= 15 is 0 Å². The fourth-order valence-corrected chi connectivity index (χ4v) is 12.9. The molecule has 2 aromatic heterocycles. The minimum Gasteiger partial charge on any atom is -0.322 e. The van der Waals surface area contributed by atoms with Crippen molar-refractivity contribution in [2.75, 3.05) is 26.4 Å². The van der Waals surface area contributed by atoms with Crippen LogP contribution in [0.5, 0.6) is 0 Å². The summed E-state index contributed by atoms with van der Waals surface area (Å²) in [5.74, 6) is -1.22. The van der Waals surface area contributed by atoms with Crippen molar-refractivity contribution in [2.45, 2.75) is 38.6 Å². The van der Waals surface area contributed by atoms with Crippen LogP contribution in [0.4, 0.5) is 4.39 Å². The molecule has 0 radical (unpaired) electrons. The van der Waals surface area contributed by atoms with Gasteiger partial charge in [0.15, 0.2) is 0 Å². The molecule has 0 aliphatic heterocycles. The van der Waals surface area contributed by atoms with Gasteiger partial charge >= 0.3 is 15.2 Å².